The number of cyclic esters (lactones) is 1. The van der Waals surface area contributed by atoms with E-state index in [0.717, 1.165) is 6.92 Å². The molecule has 0 bridgehead atoms. The molecule has 2 unspecified atom stereocenters. The van der Waals surface area contributed by atoms with E-state index in [1.165, 1.54) is 0 Å². The van der Waals surface area contributed by atoms with Crippen molar-refractivity contribution in [2.75, 3.05) is 0 Å². The quantitative estimate of drug-likeness (QED) is 0.427. The summed E-state index contributed by atoms with van der Waals surface area (Å²) in [6.45, 7) is 1.02. The van der Waals surface area contributed by atoms with Crippen molar-refractivity contribution in [2.24, 2.45) is 0 Å². The van der Waals surface area contributed by atoms with E-state index in [9.17, 15) is 14.7 Å². The van der Waals surface area contributed by atoms with Gasteiger partial charge in [0.25, 0.3) is 0 Å². The average molecular weight is 218 g/mol. The number of esters is 1. The van der Waals surface area contributed by atoms with E-state index in [-0.39, 0.29) is 0 Å². The highest BCUT2D eigenvalue weighted by atomic mass is 16.6. The van der Waals surface area contributed by atoms with Gasteiger partial charge in [0.2, 0.25) is 5.76 Å². The number of ether oxygens (including phenoxy) is 1. The summed E-state index contributed by atoms with van der Waals surface area (Å²) in [4.78, 5) is 21.4. The topological polar surface area (TPSA) is 124 Å². The first-order valence-electron chi connectivity index (χ1n) is 4.06. The molecule has 7 nitrogen and oxygen atoms in total. The number of hydrogen-bond acceptors (Lipinski definition) is 7. The number of ketones is 1. The van der Waals surface area contributed by atoms with E-state index < -0.39 is 41.6 Å². The van der Waals surface area contributed by atoms with Gasteiger partial charge in [-0.1, -0.05) is 0 Å². The van der Waals surface area contributed by atoms with Crippen molar-refractivity contribution in [3.63, 3.8) is 0 Å². The lowest BCUT2D eigenvalue weighted by molar-refractivity contribution is -0.154. The van der Waals surface area contributed by atoms with Crippen LogP contribution in [0.1, 0.15) is 6.92 Å². The van der Waals surface area contributed by atoms with Crippen LogP contribution in [-0.2, 0) is 14.3 Å². The minimum absolute atomic E-state index is 0.752. The van der Waals surface area contributed by atoms with Gasteiger partial charge in [0.15, 0.2) is 17.6 Å². The van der Waals surface area contributed by atoms with E-state index in [1.807, 2.05) is 0 Å². The number of Topliss-reactive ketones (excluding diaryl/α,β-unsaturated/α-hetero) is 1. The number of rotatable bonds is 3. The van der Waals surface area contributed by atoms with Crippen LogP contribution in [0.25, 0.3) is 0 Å². The minimum Gasteiger partial charge on any atom is -0.505 e. The van der Waals surface area contributed by atoms with Gasteiger partial charge in [0, 0.05) is 0 Å². The molecule has 4 N–H and O–H groups in total. The van der Waals surface area contributed by atoms with Crippen molar-refractivity contribution in [1.82, 2.24) is 0 Å². The fourth-order valence-corrected chi connectivity index (χ4v) is 1.10. The molecule has 0 fully saturated rings. The lowest BCUT2D eigenvalue weighted by atomic mass is 10.0. The summed E-state index contributed by atoms with van der Waals surface area (Å²) in [6, 6.07) is 0. The van der Waals surface area contributed by atoms with Gasteiger partial charge in [-0.15, -0.1) is 0 Å². The maximum absolute atomic E-state index is 10.7. The van der Waals surface area contributed by atoms with Crippen molar-refractivity contribution < 1.29 is 34.8 Å². The molecular weight excluding hydrogens is 208 g/mol. The van der Waals surface area contributed by atoms with Gasteiger partial charge in [0.1, 0.15) is 12.2 Å². The molecule has 7 heteroatoms. The van der Waals surface area contributed by atoms with Crippen molar-refractivity contribution in [1.29, 1.82) is 0 Å². The lowest BCUT2D eigenvalue weighted by Gasteiger charge is -2.20. The number of aliphatic hydroxyl groups is 4. The first-order valence-corrected chi connectivity index (χ1v) is 4.06. The molecule has 0 spiro atoms. The number of aliphatic hydroxyl groups excluding tert-OH is 4. The zero-order chi connectivity index (χ0) is 11.7. The third kappa shape index (κ3) is 1.92. The van der Waals surface area contributed by atoms with Gasteiger partial charge in [-0.25, -0.2) is 4.79 Å². The smallest absolute Gasteiger partial charge is 0.377 e. The molecule has 0 aliphatic carbocycles. The predicted molar refractivity (Wildman–Crippen MR) is 44.9 cm³/mol. The Labute approximate surface area is 84.2 Å². The second-order valence-corrected chi connectivity index (χ2v) is 3.11. The Bertz CT molecular complexity index is 332. The van der Waals surface area contributed by atoms with Gasteiger partial charge >= 0.3 is 5.97 Å². The van der Waals surface area contributed by atoms with Crippen LogP contribution in [-0.4, -0.2) is 50.5 Å². The van der Waals surface area contributed by atoms with Crippen LogP contribution < -0.4 is 0 Å². The van der Waals surface area contributed by atoms with Crippen molar-refractivity contribution in [3.8, 4) is 0 Å². The van der Waals surface area contributed by atoms with Gasteiger partial charge in [0.05, 0.1) is 0 Å². The van der Waals surface area contributed by atoms with Crippen molar-refractivity contribution >= 4 is 11.8 Å². The second kappa shape index (κ2) is 3.87. The summed E-state index contributed by atoms with van der Waals surface area (Å²) in [5.41, 5.74) is 0. The molecule has 0 saturated carbocycles. The second-order valence-electron chi connectivity index (χ2n) is 3.11. The Balaban J connectivity index is 2.84. The zero-order valence-electron chi connectivity index (χ0n) is 7.75. The highest BCUT2D eigenvalue weighted by Crippen LogP contribution is 2.22. The minimum atomic E-state index is -1.81. The third-order valence-corrected chi connectivity index (χ3v) is 1.99. The Morgan fingerprint density at radius 3 is 2.27 bits per heavy atom. The van der Waals surface area contributed by atoms with E-state index in [0.29, 0.717) is 0 Å². The SMILES string of the molecule is CC(=O)C(O)C(O)[C@H]1OC(=O)C(O)=C1O. The maximum Gasteiger partial charge on any atom is 0.377 e. The number of carbonyl (C=O) groups is 2. The fourth-order valence-electron chi connectivity index (χ4n) is 1.10. The predicted octanol–water partition coefficient (Wildman–Crippen LogP) is -1.45. The third-order valence-electron chi connectivity index (χ3n) is 1.99. The summed E-state index contributed by atoms with van der Waals surface area (Å²) in [5.74, 6) is -3.90. The molecule has 0 amide bonds. The van der Waals surface area contributed by atoms with E-state index in [4.69, 9.17) is 15.3 Å². The molecular formula is C8H10O7. The summed E-state index contributed by atoms with van der Waals surface area (Å²) >= 11 is 0. The average Bonchev–Trinajstić information content (AvgIpc) is 2.43. The van der Waals surface area contributed by atoms with E-state index in [1.54, 1.807) is 0 Å². The summed E-state index contributed by atoms with van der Waals surface area (Å²) in [5, 5.41) is 36.5. The normalized spacial score (nSPS) is 25.0. The van der Waals surface area contributed by atoms with Crippen LogP contribution in [0.5, 0.6) is 0 Å². The van der Waals surface area contributed by atoms with Crippen molar-refractivity contribution in [2.45, 2.75) is 25.2 Å². The van der Waals surface area contributed by atoms with Crippen LogP contribution in [0.3, 0.4) is 0 Å². The Hall–Kier alpha value is -1.60. The van der Waals surface area contributed by atoms with Crippen LogP contribution in [0.2, 0.25) is 0 Å². The Kier molecular flexibility index (Phi) is 2.96. The van der Waals surface area contributed by atoms with Crippen LogP contribution in [0, 0.1) is 0 Å². The molecule has 0 aromatic carbocycles. The first kappa shape index (κ1) is 11.5. The van der Waals surface area contributed by atoms with Gasteiger partial charge in [-0.05, 0) is 6.92 Å². The summed E-state index contributed by atoms with van der Waals surface area (Å²) in [6.07, 6.45) is -5.22. The fraction of sp³-hybridized carbons (Fsp3) is 0.500. The molecule has 1 rings (SSSR count). The summed E-state index contributed by atoms with van der Waals surface area (Å²) < 4.78 is 4.34. The zero-order valence-corrected chi connectivity index (χ0v) is 7.75. The molecule has 84 valence electrons. The maximum atomic E-state index is 10.7. The lowest BCUT2D eigenvalue weighted by Crippen LogP contribution is -2.42. The molecule has 0 radical (unpaired) electrons. The van der Waals surface area contributed by atoms with Crippen LogP contribution >= 0.6 is 0 Å². The molecule has 0 aromatic heterocycles. The molecule has 1 heterocycles. The summed E-state index contributed by atoms with van der Waals surface area (Å²) in [7, 11) is 0. The monoisotopic (exact) mass is 218 g/mol. The van der Waals surface area contributed by atoms with E-state index >= 15 is 0 Å². The molecule has 0 saturated heterocycles. The van der Waals surface area contributed by atoms with E-state index in [2.05, 4.69) is 4.74 Å². The highest BCUT2D eigenvalue weighted by Gasteiger charge is 2.42. The molecule has 1 aliphatic rings. The molecule has 1 aliphatic heterocycles. The van der Waals surface area contributed by atoms with Gasteiger partial charge < -0.3 is 25.2 Å². The molecule has 15 heavy (non-hydrogen) atoms. The first-order chi connectivity index (χ1) is 6.86. The number of hydrogen-bond donors (Lipinski definition) is 4. The molecule has 3 atom stereocenters. The Morgan fingerprint density at radius 1 is 1.40 bits per heavy atom. The largest absolute Gasteiger partial charge is 0.505 e. The van der Waals surface area contributed by atoms with Crippen LogP contribution in [0.15, 0.2) is 11.5 Å². The standard InChI is InChI=1S/C8H10O7/c1-2(9)3(10)4(11)7-5(12)6(13)8(14)15-7/h3-4,7,10-13H,1H3/t3?,4?,7-/m1/s1. The van der Waals surface area contributed by atoms with Gasteiger partial charge in [-0.3, -0.25) is 4.79 Å². The molecule has 0 aromatic rings. The van der Waals surface area contributed by atoms with Crippen molar-refractivity contribution in [3.05, 3.63) is 11.5 Å². The highest BCUT2D eigenvalue weighted by molar-refractivity contribution is 5.89. The Morgan fingerprint density at radius 2 is 1.93 bits per heavy atom. The van der Waals surface area contributed by atoms with Crippen LogP contribution in [0.4, 0.5) is 0 Å². The number of carbonyl (C=O) groups excluding carboxylic acids is 2. The van der Waals surface area contributed by atoms with Gasteiger partial charge in [-0.2, -0.15) is 0 Å².